The zero-order valence-electron chi connectivity index (χ0n) is 18.3. The van der Waals surface area contributed by atoms with Crippen molar-refractivity contribution in [2.45, 2.75) is 89.9 Å². The Bertz CT molecular complexity index is 712. The first kappa shape index (κ1) is 22.6. The van der Waals surface area contributed by atoms with Crippen LogP contribution in [0.15, 0.2) is 11.8 Å². The van der Waals surface area contributed by atoms with Crippen molar-refractivity contribution in [2.24, 2.45) is 11.3 Å². The Morgan fingerprint density at radius 3 is 2.73 bits per heavy atom. The van der Waals surface area contributed by atoms with Crippen LogP contribution in [-0.2, 0) is 9.59 Å². The number of nitrogens with zero attached hydrogens (tertiary/aromatic N) is 2. The molecule has 4 atom stereocenters. The number of hydrogen-bond donors (Lipinski definition) is 2. The Morgan fingerprint density at radius 2 is 2.10 bits per heavy atom. The molecule has 1 aliphatic heterocycles. The van der Waals surface area contributed by atoms with Gasteiger partial charge >= 0.3 is 0 Å². The first-order chi connectivity index (χ1) is 14.3. The van der Waals surface area contributed by atoms with Crippen molar-refractivity contribution in [1.82, 2.24) is 15.5 Å². The van der Waals surface area contributed by atoms with Crippen molar-refractivity contribution < 1.29 is 14.0 Å². The number of halogens is 1. The third-order valence-electron chi connectivity index (χ3n) is 7.20. The molecule has 1 saturated heterocycles. The number of amides is 2. The summed E-state index contributed by atoms with van der Waals surface area (Å²) in [6.07, 6.45) is 9.26. The lowest BCUT2D eigenvalue weighted by Gasteiger charge is -2.35. The average molecular weight is 419 g/mol. The Labute approximate surface area is 179 Å². The van der Waals surface area contributed by atoms with Gasteiger partial charge in [-0.25, -0.2) is 4.39 Å². The first-order valence-corrected chi connectivity index (χ1v) is 11.4. The van der Waals surface area contributed by atoms with Crippen LogP contribution < -0.4 is 10.6 Å². The molecule has 7 heteroatoms. The standard InChI is InChI=1S/C23H35FN4O2/c1-16(17-6-4-3-5-7-17)27-22(30)23(2)10-8-19(9-11-23)26-14-21(29)28-15-18(24)12-20(28)13-25/h8,16-18,20,26H,3-7,9-12,14-15H2,1-2H3,(H,27,30)/t16-,18+,20+,23?/m1/s1. The van der Waals surface area contributed by atoms with Gasteiger partial charge in [0.15, 0.2) is 0 Å². The second-order valence-electron chi connectivity index (χ2n) is 9.53. The molecular formula is C23H35FN4O2. The second kappa shape index (κ2) is 9.80. The van der Waals surface area contributed by atoms with Crippen molar-refractivity contribution >= 4 is 11.8 Å². The molecule has 2 fully saturated rings. The fraction of sp³-hybridized carbons (Fsp3) is 0.783. The van der Waals surface area contributed by atoms with Crippen molar-refractivity contribution in [3.05, 3.63) is 11.8 Å². The quantitative estimate of drug-likeness (QED) is 0.694. The molecule has 1 saturated carbocycles. The van der Waals surface area contributed by atoms with Crippen LogP contribution >= 0.6 is 0 Å². The zero-order valence-corrected chi connectivity index (χ0v) is 18.3. The van der Waals surface area contributed by atoms with E-state index >= 15 is 0 Å². The van der Waals surface area contributed by atoms with Crippen LogP contribution in [0.4, 0.5) is 4.39 Å². The van der Waals surface area contributed by atoms with Gasteiger partial charge in [-0.1, -0.05) is 32.3 Å². The van der Waals surface area contributed by atoms with Gasteiger partial charge in [-0.2, -0.15) is 5.26 Å². The monoisotopic (exact) mass is 418 g/mol. The molecule has 2 N–H and O–H groups in total. The third-order valence-corrected chi connectivity index (χ3v) is 7.20. The van der Waals surface area contributed by atoms with Gasteiger partial charge in [0, 0.05) is 18.2 Å². The van der Waals surface area contributed by atoms with Gasteiger partial charge in [0.25, 0.3) is 0 Å². The van der Waals surface area contributed by atoms with Crippen LogP contribution in [0.25, 0.3) is 0 Å². The maximum atomic E-state index is 13.5. The van der Waals surface area contributed by atoms with Gasteiger partial charge in [0.05, 0.1) is 24.6 Å². The summed E-state index contributed by atoms with van der Waals surface area (Å²) in [7, 11) is 0. The molecule has 1 unspecified atom stereocenters. The summed E-state index contributed by atoms with van der Waals surface area (Å²) in [5, 5.41) is 15.5. The van der Waals surface area contributed by atoms with Gasteiger partial charge in [-0.15, -0.1) is 0 Å². The minimum absolute atomic E-state index is 0.00475. The summed E-state index contributed by atoms with van der Waals surface area (Å²) < 4.78 is 13.5. The van der Waals surface area contributed by atoms with Crippen molar-refractivity contribution in [2.75, 3.05) is 13.1 Å². The predicted octanol–water partition coefficient (Wildman–Crippen LogP) is 3.20. The maximum Gasteiger partial charge on any atom is 0.243 e. The second-order valence-corrected chi connectivity index (χ2v) is 9.53. The highest BCUT2D eigenvalue weighted by atomic mass is 19.1. The molecule has 2 amide bonds. The Balaban J connectivity index is 1.47. The Morgan fingerprint density at radius 1 is 1.37 bits per heavy atom. The highest BCUT2D eigenvalue weighted by molar-refractivity contribution is 5.83. The number of rotatable bonds is 6. The molecule has 0 aromatic carbocycles. The molecule has 0 bridgehead atoms. The smallest absolute Gasteiger partial charge is 0.243 e. The molecule has 166 valence electrons. The summed E-state index contributed by atoms with van der Waals surface area (Å²) in [6.45, 7) is 4.19. The molecule has 0 radical (unpaired) electrons. The van der Waals surface area contributed by atoms with Gasteiger partial charge in [0.1, 0.15) is 12.2 Å². The summed E-state index contributed by atoms with van der Waals surface area (Å²) in [5.41, 5.74) is 0.513. The molecule has 2 aliphatic carbocycles. The molecule has 3 aliphatic rings. The van der Waals surface area contributed by atoms with E-state index in [1.807, 2.05) is 19.1 Å². The van der Waals surface area contributed by atoms with Crippen LogP contribution in [0.3, 0.4) is 0 Å². The summed E-state index contributed by atoms with van der Waals surface area (Å²) in [4.78, 5) is 26.6. The first-order valence-electron chi connectivity index (χ1n) is 11.4. The van der Waals surface area contributed by atoms with E-state index in [2.05, 4.69) is 17.6 Å². The van der Waals surface area contributed by atoms with Crippen molar-refractivity contribution in [3.8, 4) is 6.07 Å². The number of carbonyl (C=O) groups is 2. The average Bonchev–Trinajstić information content (AvgIpc) is 3.14. The highest BCUT2D eigenvalue weighted by Gasteiger charge is 2.37. The van der Waals surface area contributed by atoms with Crippen LogP contribution in [0, 0.1) is 22.7 Å². The molecule has 1 heterocycles. The topological polar surface area (TPSA) is 85.2 Å². The summed E-state index contributed by atoms with van der Waals surface area (Å²) in [6, 6.07) is 1.54. The molecule has 3 rings (SSSR count). The minimum Gasteiger partial charge on any atom is -0.380 e. The lowest BCUT2D eigenvalue weighted by Crippen LogP contribution is -2.47. The number of allylic oxidation sites excluding steroid dienone is 2. The molecular weight excluding hydrogens is 383 g/mol. The van der Waals surface area contributed by atoms with Gasteiger partial charge in [-0.3, -0.25) is 9.59 Å². The largest absolute Gasteiger partial charge is 0.380 e. The predicted molar refractivity (Wildman–Crippen MR) is 113 cm³/mol. The molecule has 6 nitrogen and oxygen atoms in total. The van der Waals surface area contributed by atoms with Crippen LogP contribution in [-0.4, -0.2) is 48.1 Å². The molecule has 0 spiro atoms. The minimum atomic E-state index is -1.12. The van der Waals surface area contributed by atoms with E-state index in [9.17, 15) is 14.0 Å². The maximum absolute atomic E-state index is 13.5. The van der Waals surface area contributed by atoms with Gasteiger partial charge < -0.3 is 15.5 Å². The van der Waals surface area contributed by atoms with Crippen molar-refractivity contribution in [3.63, 3.8) is 0 Å². The lowest BCUT2D eigenvalue weighted by atomic mass is 9.76. The van der Waals surface area contributed by atoms with Crippen LogP contribution in [0.5, 0.6) is 0 Å². The van der Waals surface area contributed by atoms with Crippen LogP contribution in [0.2, 0.25) is 0 Å². The number of nitriles is 1. The fourth-order valence-electron chi connectivity index (χ4n) is 4.94. The van der Waals surface area contributed by atoms with Crippen LogP contribution in [0.1, 0.15) is 71.6 Å². The fourth-order valence-corrected chi connectivity index (χ4v) is 4.94. The number of nitrogens with one attached hydrogen (secondary N) is 2. The van der Waals surface area contributed by atoms with E-state index in [1.54, 1.807) is 0 Å². The van der Waals surface area contributed by atoms with E-state index in [-0.39, 0.29) is 37.4 Å². The van der Waals surface area contributed by atoms with E-state index in [0.717, 1.165) is 12.1 Å². The number of hydrogen-bond acceptors (Lipinski definition) is 4. The van der Waals surface area contributed by atoms with Gasteiger partial charge in [0.2, 0.25) is 11.8 Å². The third kappa shape index (κ3) is 5.33. The van der Waals surface area contributed by atoms with Gasteiger partial charge in [-0.05, 0) is 44.9 Å². The SMILES string of the molecule is C[C@@H](NC(=O)C1(C)CC=C(NCC(=O)N2C[C@@H](F)C[C@H]2C#N)CC1)C1CCCCC1. The van der Waals surface area contributed by atoms with E-state index in [0.29, 0.717) is 18.8 Å². The van der Waals surface area contributed by atoms with Crippen molar-refractivity contribution in [1.29, 1.82) is 5.26 Å². The van der Waals surface area contributed by atoms with E-state index < -0.39 is 17.6 Å². The van der Waals surface area contributed by atoms with E-state index in [4.69, 9.17) is 5.26 Å². The zero-order chi connectivity index (χ0) is 21.7. The number of likely N-dealkylation sites (tertiary alicyclic amines) is 1. The molecule has 0 aromatic heterocycles. The summed E-state index contributed by atoms with van der Waals surface area (Å²) >= 11 is 0. The normalized spacial score (nSPS) is 30.9. The number of alkyl halides is 1. The summed E-state index contributed by atoms with van der Waals surface area (Å²) in [5.74, 6) is 0.449. The Hall–Kier alpha value is -2.10. The highest BCUT2D eigenvalue weighted by Crippen LogP contribution is 2.35. The Kier molecular flexibility index (Phi) is 7.38. The number of carbonyl (C=O) groups excluding carboxylic acids is 2. The van der Waals surface area contributed by atoms with E-state index in [1.165, 1.54) is 37.0 Å². The molecule has 0 aromatic rings. The lowest BCUT2D eigenvalue weighted by molar-refractivity contribution is -0.132. The molecule has 30 heavy (non-hydrogen) atoms.